The molecule has 122 valence electrons. The number of anilines is 1. The number of halogens is 2. The topological polar surface area (TPSA) is 29.9 Å². The number of rotatable bonds is 2. The van der Waals surface area contributed by atoms with Crippen LogP contribution in [0, 0.1) is 0 Å². The molecule has 3 nitrogen and oxygen atoms in total. The van der Waals surface area contributed by atoms with Gasteiger partial charge in [0.2, 0.25) is 0 Å². The zero-order valence-electron chi connectivity index (χ0n) is 13.1. The lowest BCUT2D eigenvalue weighted by Gasteiger charge is -2.09. The Morgan fingerprint density at radius 1 is 0.875 bits per heavy atom. The van der Waals surface area contributed by atoms with Crippen molar-refractivity contribution in [3.05, 3.63) is 63.0 Å². The van der Waals surface area contributed by atoms with E-state index >= 15 is 0 Å². The molecule has 0 amide bonds. The smallest absolute Gasteiger partial charge is 0.133 e. The van der Waals surface area contributed by atoms with Crippen molar-refractivity contribution >= 4 is 37.7 Å². The average molecular weight is 447 g/mol. The summed E-state index contributed by atoms with van der Waals surface area (Å²) in [5, 5.41) is 8.54. The van der Waals surface area contributed by atoms with Gasteiger partial charge in [-0.1, -0.05) is 44.0 Å². The van der Waals surface area contributed by atoms with Crippen molar-refractivity contribution in [3.8, 4) is 16.9 Å². The van der Waals surface area contributed by atoms with Gasteiger partial charge < -0.3 is 5.32 Å². The summed E-state index contributed by atoms with van der Waals surface area (Å²) in [7, 11) is 0. The molecule has 0 radical (unpaired) electrons. The molecule has 3 aromatic rings. The molecular formula is C19H17Br2N3. The van der Waals surface area contributed by atoms with E-state index in [2.05, 4.69) is 85.7 Å². The number of nitrogens with one attached hydrogen (secondary N) is 1. The maximum atomic E-state index is 4.96. The van der Waals surface area contributed by atoms with Crippen LogP contribution in [-0.2, 0) is 6.42 Å². The minimum Gasteiger partial charge on any atom is -0.370 e. The number of fused-ring (bicyclic) bond motifs is 1. The number of hydrogen-bond donors (Lipinski definition) is 1. The summed E-state index contributed by atoms with van der Waals surface area (Å²) in [5.41, 5.74) is 4.63. The van der Waals surface area contributed by atoms with Gasteiger partial charge in [-0.05, 0) is 55.7 Å². The first-order valence-electron chi connectivity index (χ1n) is 8.10. The molecule has 0 atom stereocenters. The molecule has 1 aliphatic heterocycles. The van der Waals surface area contributed by atoms with E-state index in [0.29, 0.717) is 0 Å². The van der Waals surface area contributed by atoms with Crippen LogP contribution in [0.2, 0.25) is 0 Å². The van der Waals surface area contributed by atoms with E-state index in [4.69, 9.17) is 5.10 Å². The number of benzene rings is 2. The quantitative estimate of drug-likeness (QED) is 0.538. The van der Waals surface area contributed by atoms with E-state index in [-0.39, 0.29) is 0 Å². The van der Waals surface area contributed by atoms with Gasteiger partial charge in [-0.15, -0.1) is 0 Å². The Morgan fingerprint density at radius 3 is 2.25 bits per heavy atom. The van der Waals surface area contributed by atoms with Gasteiger partial charge in [0, 0.05) is 26.6 Å². The third kappa shape index (κ3) is 3.03. The monoisotopic (exact) mass is 445 g/mol. The van der Waals surface area contributed by atoms with Crippen LogP contribution in [-0.4, -0.2) is 16.3 Å². The van der Waals surface area contributed by atoms with E-state index in [0.717, 1.165) is 44.7 Å². The second-order valence-corrected chi connectivity index (χ2v) is 7.79. The molecule has 2 aromatic carbocycles. The van der Waals surface area contributed by atoms with Gasteiger partial charge in [0.1, 0.15) is 5.82 Å². The molecule has 0 saturated heterocycles. The molecule has 0 unspecified atom stereocenters. The predicted molar refractivity (Wildman–Crippen MR) is 106 cm³/mol. The van der Waals surface area contributed by atoms with Gasteiger partial charge in [-0.2, -0.15) is 5.10 Å². The second kappa shape index (κ2) is 6.73. The molecule has 0 fully saturated rings. The molecule has 4 rings (SSSR count). The molecule has 5 heteroatoms. The van der Waals surface area contributed by atoms with Crippen LogP contribution in [0.1, 0.15) is 18.4 Å². The maximum absolute atomic E-state index is 4.96. The minimum absolute atomic E-state index is 0.995. The summed E-state index contributed by atoms with van der Waals surface area (Å²) in [6.45, 7) is 0.995. The molecule has 0 spiro atoms. The van der Waals surface area contributed by atoms with Crippen LogP contribution < -0.4 is 5.32 Å². The van der Waals surface area contributed by atoms with Crippen molar-refractivity contribution in [2.75, 3.05) is 11.9 Å². The van der Waals surface area contributed by atoms with Gasteiger partial charge in [-0.25, -0.2) is 4.68 Å². The van der Waals surface area contributed by atoms with Crippen LogP contribution in [0.5, 0.6) is 0 Å². The summed E-state index contributed by atoms with van der Waals surface area (Å²) >= 11 is 7.02. The molecule has 0 bridgehead atoms. The summed E-state index contributed by atoms with van der Waals surface area (Å²) in [4.78, 5) is 0. The van der Waals surface area contributed by atoms with Crippen LogP contribution in [0.15, 0.2) is 57.5 Å². The Hall–Kier alpha value is -1.59. The Labute approximate surface area is 158 Å². The highest BCUT2D eigenvalue weighted by Crippen LogP contribution is 2.34. The second-order valence-electron chi connectivity index (χ2n) is 5.95. The van der Waals surface area contributed by atoms with E-state index in [1.54, 1.807) is 0 Å². The van der Waals surface area contributed by atoms with Gasteiger partial charge in [-0.3, -0.25) is 0 Å². The Morgan fingerprint density at radius 2 is 1.54 bits per heavy atom. The molecule has 0 aliphatic carbocycles. The van der Waals surface area contributed by atoms with Gasteiger partial charge in [0.05, 0.1) is 11.4 Å². The lowest BCUT2D eigenvalue weighted by molar-refractivity contribution is 0.780. The summed E-state index contributed by atoms with van der Waals surface area (Å²) in [6.07, 6.45) is 3.44. The van der Waals surface area contributed by atoms with Gasteiger partial charge in [0.25, 0.3) is 0 Å². The molecule has 1 aliphatic rings. The molecule has 24 heavy (non-hydrogen) atoms. The van der Waals surface area contributed by atoms with Gasteiger partial charge in [0.15, 0.2) is 0 Å². The van der Waals surface area contributed by atoms with Crippen molar-refractivity contribution in [2.45, 2.75) is 19.3 Å². The lowest BCUT2D eigenvalue weighted by atomic mass is 10.0. The Balaban J connectivity index is 1.88. The fraction of sp³-hybridized carbons (Fsp3) is 0.211. The number of aromatic nitrogens is 2. The first-order chi connectivity index (χ1) is 11.7. The van der Waals surface area contributed by atoms with Crippen LogP contribution >= 0.6 is 31.9 Å². The standard InChI is InChI=1S/C19H17Br2N3/c20-14-6-4-13(5-7-14)18-17-3-1-2-12-22-19(17)24(23-18)16-10-8-15(21)9-11-16/h4-11,22H,1-3,12H2. The van der Waals surface area contributed by atoms with Crippen molar-refractivity contribution < 1.29 is 0 Å². The maximum Gasteiger partial charge on any atom is 0.133 e. The third-order valence-electron chi connectivity index (χ3n) is 4.32. The largest absolute Gasteiger partial charge is 0.370 e. The van der Waals surface area contributed by atoms with Crippen molar-refractivity contribution in [3.63, 3.8) is 0 Å². The highest BCUT2D eigenvalue weighted by atomic mass is 79.9. The Bertz CT molecular complexity index is 782. The van der Waals surface area contributed by atoms with Crippen LogP contribution in [0.4, 0.5) is 5.82 Å². The normalized spacial score (nSPS) is 13.9. The fourth-order valence-electron chi connectivity index (χ4n) is 3.11. The zero-order chi connectivity index (χ0) is 16.5. The molecule has 1 N–H and O–H groups in total. The fourth-order valence-corrected chi connectivity index (χ4v) is 3.64. The van der Waals surface area contributed by atoms with E-state index in [1.807, 2.05) is 4.68 Å². The number of nitrogens with zero attached hydrogens (tertiary/aromatic N) is 2. The predicted octanol–water partition coefficient (Wildman–Crippen LogP) is 5.81. The third-order valence-corrected chi connectivity index (χ3v) is 5.38. The molecular weight excluding hydrogens is 430 g/mol. The summed E-state index contributed by atoms with van der Waals surface area (Å²) < 4.78 is 4.21. The minimum atomic E-state index is 0.995. The average Bonchev–Trinajstić information content (AvgIpc) is 2.78. The first-order valence-corrected chi connectivity index (χ1v) is 9.68. The van der Waals surface area contributed by atoms with Crippen molar-refractivity contribution in [2.24, 2.45) is 0 Å². The Kier molecular flexibility index (Phi) is 4.46. The van der Waals surface area contributed by atoms with E-state index in [1.165, 1.54) is 18.4 Å². The van der Waals surface area contributed by atoms with E-state index < -0.39 is 0 Å². The summed E-state index contributed by atoms with van der Waals surface area (Å²) in [6, 6.07) is 16.7. The highest BCUT2D eigenvalue weighted by Gasteiger charge is 2.21. The molecule has 0 saturated carbocycles. The molecule has 2 heterocycles. The molecule has 1 aromatic heterocycles. The zero-order valence-corrected chi connectivity index (χ0v) is 16.3. The number of hydrogen-bond acceptors (Lipinski definition) is 2. The van der Waals surface area contributed by atoms with Crippen LogP contribution in [0.3, 0.4) is 0 Å². The SMILES string of the molecule is Brc1ccc(-c2nn(-c3ccc(Br)cc3)c3c2CCCCN3)cc1. The van der Waals surface area contributed by atoms with Gasteiger partial charge >= 0.3 is 0 Å². The first kappa shape index (κ1) is 15.9. The van der Waals surface area contributed by atoms with Crippen molar-refractivity contribution in [1.29, 1.82) is 0 Å². The van der Waals surface area contributed by atoms with Crippen LogP contribution in [0.25, 0.3) is 16.9 Å². The van der Waals surface area contributed by atoms with Crippen molar-refractivity contribution in [1.82, 2.24) is 9.78 Å². The van der Waals surface area contributed by atoms with E-state index in [9.17, 15) is 0 Å². The highest BCUT2D eigenvalue weighted by molar-refractivity contribution is 9.10. The lowest BCUT2D eigenvalue weighted by Crippen LogP contribution is -2.07. The summed E-state index contributed by atoms with van der Waals surface area (Å²) in [5.74, 6) is 1.13.